The summed E-state index contributed by atoms with van der Waals surface area (Å²) in [6, 6.07) is 8.16. The van der Waals surface area contributed by atoms with E-state index in [0.717, 1.165) is 48.0 Å². The van der Waals surface area contributed by atoms with Crippen LogP contribution in [0.5, 0.6) is 0 Å². The van der Waals surface area contributed by atoms with Gasteiger partial charge in [-0.05, 0) is 30.7 Å². The third-order valence-electron chi connectivity index (χ3n) is 4.51. The Kier molecular flexibility index (Phi) is 3.86. The predicted molar refractivity (Wildman–Crippen MR) is 98.4 cm³/mol. The van der Waals surface area contributed by atoms with Gasteiger partial charge >= 0.3 is 0 Å². The molecule has 0 radical (unpaired) electrons. The van der Waals surface area contributed by atoms with Gasteiger partial charge in [-0.15, -0.1) is 11.3 Å². The molecule has 0 aliphatic carbocycles. The Bertz CT molecular complexity index is 878. The number of aromatic amines is 1. The highest BCUT2D eigenvalue weighted by Gasteiger charge is 2.26. The van der Waals surface area contributed by atoms with Gasteiger partial charge in [-0.25, -0.2) is 4.98 Å². The molecule has 0 saturated heterocycles. The maximum atomic E-state index is 11.6. The smallest absolute Gasteiger partial charge is 0.222 e. The van der Waals surface area contributed by atoms with Crippen molar-refractivity contribution in [3.05, 3.63) is 35.5 Å². The molecule has 2 N–H and O–H groups in total. The molecule has 1 amide bonds. The number of thiazole rings is 1. The lowest BCUT2D eigenvalue weighted by Gasteiger charge is -2.25. The fourth-order valence-corrected chi connectivity index (χ4v) is 4.37. The molecule has 0 spiro atoms. The molecule has 5 nitrogen and oxygen atoms in total. The van der Waals surface area contributed by atoms with Gasteiger partial charge in [0.05, 0.1) is 15.8 Å². The molecule has 0 fully saturated rings. The zero-order valence-electron chi connectivity index (χ0n) is 13.8. The van der Waals surface area contributed by atoms with Crippen LogP contribution in [0.25, 0.3) is 20.8 Å². The Labute approximate surface area is 144 Å². The van der Waals surface area contributed by atoms with Crippen LogP contribution >= 0.6 is 11.3 Å². The van der Waals surface area contributed by atoms with Crippen molar-refractivity contribution in [1.82, 2.24) is 14.9 Å². The molecular formula is C18H20N4OS. The number of fused-ring (bicyclic) bond motifs is 2. The van der Waals surface area contributed by atoms with Crippen LogP contribution < -0.4 is 5.32 Å². The number of nitrogens with one attached hydrogen (secondary N) is 2. The highest BCUT2D eigenvalue weighted by molar-refractivity contribution is 7.21. The number of amides is 1. The van der Waals surface area contributed by atoms with E-state index in [4.69, 9.17) is 4.98 Å². The second-order valence-corrected chi connectivity index (χ2v) is 7.15. The molecule has 2 aromatic heterocycles. The van der Waals surface area contributed by atoms with Gasteiger partial charge in [-0.2, -0.15) is 0 Å². The van der Waals surface area contributed by atoms with Crippen molar-refractivity contribution < 1.29 is 4.79 Å². The average molecular weight is 340 g/mol. The Morgan fingerprint density at radius 1 is 1.42 bits per heavy atom. The van der Waals surface area contributed by atoms with Crippen molar-refractivity contribution in [2.75, 3.05) is 18.4 Å². The molecule has 0 unspecified atom stereocenters. The fraction of sp³-hybridized carbons (Fsp3) is 0.333. The van der Waals surface area contributed by atoms with Crippen LogP contribution in [0.1, 0.15) is 25.1 Å². The summed E-state index contributed by atoms with van der Waals surface area (Å²) in [5.41, 5.74) is 4.56. The van der Waals surface area contributed by atoms with E-state index in [0.29, 0.717) is 0 Å². The lowest BCUT2D eigenvalue weighted by Crippen LogP contribution is -2.30. The van der Waals surface area contributed by atoms with Crippen LogP contribution in [0.3, 0.4) is 0 Å². The van der Waals surface area contributed by atoms with Gasteiger partial charge in [-0.1, -0.05) is 19.1 Å². The van der Waals surface area contributed by atoms with Crippen molar-refractivity contribution in [2.24, 2.45) is 0 Å². The van der Waals surface area contributed by atoms with E-state index in [1.54, 1.807) is 18.3 Å². The number of aromatic nitrogens is 2. The molecule has 6 heteroatoms. The first kappa shape index (κ1) is 15.4. The van der Waals surface area contributed by atoms with Crippen LogP contribution in [0.2, 0.25) is 0 Å². The van der Waals surface area contributed by atoms with E-state index in [9.17, 15) is 4.79 Å². The van der Waals surface area contributed by atoms with Crippen LogP contribution in [-0.2, 0) is 17.8 Å². The van der Waals surface area contributed by atoms with E-state index >= 15 is 0 Å². The number of nitrogens with zero attached hydrogens (tertiary/aromatic N) is 2. The molecule has 4 rings (SSSR count). The molecule has 1 aliphatic heterocycles. The zero-order chi connectivity index (χ0) is 16.7. The number of anilines is 1. The summed E-state index contributed by atoms with van der Waals surface area (Å²) in [5.74, 6) is 0.716. The summed E-state index contributed by atoms with van der Waals surface area (Å²) in [5, 5.41) is 3.93. The third-order valence-corrected chi connectivity index (χ3v) is 5.56. The third kappa shape index (κ3) is 2.61. The van der Waals surface area contributed by atoms with E-state index in [1.807, 2.05) is 18.2 Å². The molecule has 24 heavy (non-hydrogen) atoms. The minimum Gasteiger partial charge on any atom is -0.343 e. The number of carbonyl (C=O) groups excluding carboxylic acids is 1. The monoisotopic (exact) mass is 340 g/mol. The maximum absolute atomic E-state index is 11.6. The number of para-hydroxylation sites is 1. The van der Waals surface area contributed by atoms with E-state index in [1.165, 1.54) is 16.0 Å². The van der Waals surface area contributed by atoms with Crippen molar-refractivity contribution in [3.8, 4) is 10.6 Å². The zero-order valence-corrected chi connectivity index (χ0v) is 14.7. The van der Waals surface area contributed by atoms with Crippen molar-refractivity contribution >= 4 is 33.3 Å². The predicted octanol–water partition coefficient (Wildman–Crippen LogP) is 3.63. The number of H-pyrrole nitrogens is 1. The standard InChI is InChI=1S/C18H20N4OS/c1-3-22-9-8-12-14(10-22)20-17(19-11(2)23)16(12)18-21-13-6-4-5-7-15(13)24-18/h4-7,20H,3,8-10H2,1-2H3,(H,19,23). The largest absolute Gasteiger partial charge is 0.343 e. The molecule has 1 aromatic carbocycles. The number of hydrogen-bond acceptors (Lipinski definition) is 4. The van der Waals surface area contributed by atoms with Crippen molar-refractivity contribution in [2.45, 2.75) is 26.8 Å². The molecule has 3 aromatic rings. The van der Waals surface area contributed by atoms with Gasteiger partial charge in [0.15, 0.2) is 0 Å². The molecular weight excluding hydrogens is 320 g/mol. The summed E-state index contributed by atoms with van der Waals surface area (Å²) in [6.07, 6.45) is 0.977. The van der Waals surface area contributed by atoms with Crippen LogP contribution in [-0.4, -0.2) is 33.9 Å². The molecule has 0 atom stereocenters. The highest BCUT2D eigenvalue weighted by atomic mass is 32.1. The SMILES string of the molecule is CCN1CCc2c([nH]c(NC(C)=O)c2-c2nc3ccccc3s2)C1. The fourth-order valence-electron chi connectivity index (χ4n) is 3.33. The number of hydrogen-bond donors (Lipinski definition) is 2. The van der Waals surface area contributed by atoms with Crippen molar-refractivity contribution in [3.63, 3.8) is 0 Å². The number of benzene rings is 1. The summed E-state index contributed by atoms with van der Waals surface area (Å²) in [6.45, 7) is 6.68. The topological polar surface area (TPSA) is 61.0 Å². The van der Waals surface area contributed by atoms with E-state index < -0.39 is 0 Å². The summed E-state index contributed by atoms with van der Waals surface area (Å²) in [7, 11) is 0. The molecule has 0 saturated carbocycles. The normalized spacial score (nSPS) is 14.8. The first-order chi connectivity index (χ1) is 11.7. The lowest BCUT2D eigenvalue weighted by molar-refractivity contribution is -0.114. The van der Waals surface area contributed by atoms with Gasteiger partial charge in [0, 0.05) is 25.7 Å². The van der Waals surface area contributed by atoms with Crippen LogP contribution in [0, 0.1) is 0 Å². The minimum atomic E-state index is -0.0664. The average Bonchev–Trinajstić information content (AvgIpc) is 3.13. The maximum Gasteiger partial charge on any atom is 0.222 e. The van der Waals surface area contributed by atoms with Crippen molar-refractivity contribution in [1.29, 1.82) is 0 Å². The first-order valence-corrected chi connectivity index (χ1v) is 9.07. The van der Waals surface area contributed by atoms with Gasteiger partial charge < -0.3 is 10.3 Å². The minimum absolute atomic E-state index is 0.0664. The Balaban J connectivity index is 1.86. The molecule has 124 valence electrons. The Hall–Kier alpha value is -2.18. The summed E-state index contributed by atoms with van der Waals surface area (Å²) in [4.78, 5) is 22.3. The second-order valence-electron chi connectivity index (χ2n) is 6.12. The Morgan fingerprint density at radius 3 is 3.00 bits per heavy atom. The molecule has 3 heterocycles. The van der Waals surface area contributed by atoms with Gasteiger partial charge in [0.2, 0.25) is 5.91 Å². The lowest BCUT2D eigenvalue weighted by atomic mass is 10.0. The van der Waals surface area contributed by atoms with Gasteiger partial charge in [-0.3, -0.25) is 9.69 Å². The molecule has 0 bridgehead atoms. The quantitative estimate of drug-likeness (QED) is 0.765. The van der Waals surface area contributed by atoms with Crippen LogP contribution in [0.4, 0.5) is 5.82 Å². The Morgan fingerprint density at radius 2 is 2.25 bits per heavy atom. The molecule has 1 aliphatic rings. The van der Waals surface area contributed by atoms with Gasteiger partial charge in [0.1, 0.15) is 10.8 Å². The number of carbonyl (C=O) groups is 1. The number of rotatable bonds is 3. The summed E-state index contributed by atoms with van der Waals surface area (Å²) < 4.78 is 1.17. The second kappa shape index (κ2) is 6.03. The highest BCUT2D eigenvalue weighted by Crippen LogP contribution is 2.40. The number of likely N-dealkylation sites (N-methyl/N-ethyl adjacent to an activating group) is 1. The van der Waals surface area contributed by atoms with Gasteiger partial charge in [0.25, 0.3) is 0 Å². The van der Waals surface area contributed by atoms with E-state index in [-0.39, 0.29) is 5.91 Å². The van der Waals surface area contributed by atoms with Crippen LogP contribution in [0.15, 0.2) is 24.3 Å². The van der Waals surface area contributed by atoms with E-state index in [2.05, 4.69) is 28.2 Å². The summed E-state index contributed by atoms with van der Waals surface area (Å²) >= 11 is 1.68. The first-order valence-electron chi connectivity index (χ1n) is 8.25.